The summed E-state index contributed by atoms with van der Waals surface area (Å²) in [6.07, 6.45) is 8.15. The molecule has 0 fully saturated rings. The first-order valence-electron chi connectivity index (χ1n) is 7.41. The van der Waals surface area contributed by atoms with E-state index in [9.17, 15) is 0 Å². The molecule has 2 aromatic rings. The Hall–Kier alpha value is -2.11. The number of rotatable bonds is 8. The van der Waals surface area contributed by atoms with Crippen LogP contribution in [-0.4, -0.2) is 33.2 Å². The predicted octanol–water partition coefficient (Wildman–Crippen LogP) is 2.50. The summed E-state index contributed by atoms with van der Waals surface area (Å²) in [5.74, 6) is 2.45. The van der Waals surface area contributed by atoms with Crippen molar-refractivity contribution >= 4 is 5.82 Å². The monoisotopic (exact) mass is 289 g/mol. The minimum absolute atomic E-state index is 0.638. The number of nitrogens with one attached hydrogen (secondary N) is 1. The highest BCUT2D eigenvalue weighted by molar-refractivity contribution is 5.52. The van der Waals surface area contributed by atoms with E-state index >= 15 is 0 Å². The van der Waals surface area contributed by atoms with Crippen molar-refractivity contribution in [1.29, 1.82) is 0 Å². The molecule has 0 radical (unpaired) electrons. The van der Waals surface area contributed by atoms with Crippen molar-refractivity contribution in [3.05, 3.63) is 30.2 Å². The highest BCUT2D eigenvalue weighted by atomic mass is 16.5. The van der Waals surface area contributed by atoms with Crippen LogP contribution in [0.3, 0.4) is 0 Å². The molecule has 2 rings (SSSR count). The van der Waals surface area contributed by atoms with Gasteiger partial charge in [0.15, 0.2) is 11.6 Å². The summed E-state index contributed by atoms with van der Waals surface area (Å²) in [4.78, 5) is 13.1. The third kappa shape index (κ3) is 3.71. The Labute approximate surface area is 125 Å². The largest absolute Gasteiger partial charge is 0.491 e. The summed E-state index contributed by atoms with van der Waals surface area (Å²) in [6, 6.07) is 0. The van der Waals surface area contributed by atoms with Gasteiger partial charge in [0.1, 0.15) is 12.2 Å². The molecule has 0 aliphatic heterocycles. The molecule has 0 spiro atoms. The van der Waals surface area contributed by atoms with Crippen LogP contribution in [0.25, 0.3) is 0 Å². The highest BCUT2D eigenvalue weighted by Gasteiger charge is 2.14. The van der Waals surface area contributed by atoms with Gasteiger partial charge in [-0.05, 0) is 12.8 Å². The maximum Gasteiger partial charge on any atom is 0.183 e. The highest BCUT2D eigenvalue weighted by Crippen LogP contribution is 2.26. The van der Waals surface area contributed by atoms with Crippen molar-refractivity contribution in [2.45, 2.75) is 39.7 Å². The van der Waals surface area contributed by atoms with Crippen LogP contribution in [0.5, 0.6) is 5.75 Å². The van der Waals surface area contributed by atoms with Crippen LogP contribution < -0.4 is 10.1 Å². The molecule has 2 heterocycles. The van der Waals surface area contributed by atoms with Crippen molar-refractivity contribution in [3.63, 3.8) is 0 Å². The second-order valence-electron chi connectivity index (χ2n) is 4.84. The van der Waals surface area contributed by atoms with Gasteiger partial charge in [-0.25, -0.2) is 15.0 Å². The number of anilines is 1. The average Bonchev–Trinajstić information content (AvgIpc) is 2.93. The van der Waals surface area contributed by atoms with E-state index in [1.807, 2.05) is 12.4 Å². The third-order valence-electron chi connectivity index (χ3n) is 3.22. The summed E-state index contributed by atoms with van der Waals surface area (Å²) in [5.41, 5.74) is 0.856. The smallest absolute Gasteiger partial charge is 0.183 e. The minimum atomic E-state index is 0.638. The van der Waals surface area contributed by atoms with Gasteiger partial charge in [-0.3, -0.25) is 0 Å². The van der Waals surface area contributed by atoms with E-state index in [-0.39, 0.29) is 0 Å². The van der Waals surface area contributed by atoms with E-state index in [2.05, 4.69) is 38.7 Å². The Morgan fingerprint density at radius 3 is 2.76 bits per heavy atom. The number of aromatic nitrogens is 4. The Morgan fingerprint density at radius 2 is 2.05 bits per heavy atom. The second kappa shape index (κ2) is 7.61. The van der Waals surface area contributed by atoms with Crippen LogP contribution in [0.4, 0.5) is 5.82 Å². The maximum atomic E-state index is 5.50. The van der Waals surface area contributed by atoms with Crippen LogP contribution in [0.2, 0.25) is 0 Å². The fraction of sp³-hybridized carbons (Fsp3) is 0.533. The second-order valence-corrected chi connectivity index (χ2v) is 4.84. The molecule has 114 valence electrons. The lowest BCUT2D eigenvalue weighted by Crippen LogP contribution is -2.09. The zero-order valence-electron chi connectivity index (χ0n) is 13.0. The van der Waals surface area contributed by atoms with Crippen LogP contribution in [-0.2, 0) is 13.0 Å². The molecule has 0 unspecified atom stereocenters. The van der Waals surface area contributed by atoms with Crippen molar-refractivity contribution in [3.8, 4) is 5.75 Å². The van der Waals surface area contributed by atoms with E-state index in [0.29, 0.717) is 12.2 Å². The molecule has 0 aliphatic carbocycles. The standard InChI is InChI=1S/C15H23N5O/c1-4-6-17-15-14(21-3)12(18-11-19-15)10-13-16-7-9-20(13)8-5-2/h7,9,11H,4-6,8,10H2,1-3H3,(H,17,18,19). The van der Waals surface area contributed by atoms with Gasteiger partial charge in [0.25, 0.3) is 0 Å². The molecular formula is C15H23N5O. The van der Waals surface area contributed by atoms with Gasteiger partial charge in [-0.1, -0.05) is 13.8 Å². The molecule has 0 saturated carbocycles. The Morgan fingerprint density at radius 1 is 1.19 bits per heavy atom. The summed E-state index contributed by atoms with van der Waals surface area (Å²) in [7, 11) is 1.65. The SMILES string of the molecule is CCCNc1ncnc(Cc2nccn2CCC)c1OC. The lowest BCUT2D eigenvalue weighted by atomic mass is 10.2. The van der Waals surface area contributed by atoms with Gasteiger partial charge in [0.05, 0.1) is 19.2 Å². The molecule has 0 aromatic carbocycles. The van der Waals surface area contributed by atoms with Gasteiger partial charge >= 0.3 is 0 Å². The summed E-state index contributed by atoms with van der Waals surface area (Å²) < 4.78 is 7.65. The van der Waals surface area contributed by atoms with E-state index in [1.165, 1.54) is 0 Å². The van der Waals surface area contributed by atoms with Gasteiger partial charge in [0, 0.05) is 25.5 Å². The fourth-order valence-electron chi connectivity index (χ4n) is 2.22. The summed E-state index contributed by atoms with van der Waals surface area (Å²) in [5, 5.41) is 3.27. The number of hydrogen-bond acceptors (Lipinski definition) is 5. The number of imidazole rings is 1. The molecule has 6 heteroatoms. The van der Waals surface area contributed by atoms with E-state index in [4.69, 9.17) is 4.74 Å². The topological polar surface area (TPSA) is 64.9 Å². The number of aryl methyl sites for hydroxylation is 1. The first-order chi connectivity index (χ1) is 10.3. The number of nitrogens with zero attached hydrogens (tertiary/aromatic N) is 4. The van der Waals surface area contributed by atoms with E-state index in [1.54, 1.807) is 13.4 Å². The van der Waals surface area contributed by atoms with E-state index in [0.717, 1.165) is 43.3 Å². The number of methoxy groups -OCH3 is 1. The number of hydrogen-bond donors (Lipinski definition) is 1. The summed E-state index contributed by atoms with van der Waals surface area (Å²) >= 11 is 0. The van der Waals surface area contributed by atoms with E-state index < -0.39 is 0 Å². The third-order valence-corrected chi connectivity index (χ3v) is 3.22. The molecule has 0 bridgehead atoms. The van der Waals surface area contributed by atoms with Crippen molar-refractivity contribution in [2.24, 2.45) is 0 Å². The first kappa shape index (κ1) is 15.3. The fourth-order valence-corrected chi connectivity index (χ4v) is 2.22. The van der Waals surface area contributed by atoms with Crippen LogP contribution in [0.15, 0.2) is 18.7 Å². The van der Waals surface area contributed by atoms with Gasteiger partial charge in [-0.15, -0.1) is 0 Å². The predicted molar refractivity (Wildman–Crippen MR) is 82.7 cm³/mol. The van der Waals surface area contributed by atoms with Gasteiger partial charge in [0.2, 0.25) is 0 Å². The lowest BCUT2D eigenvalue weighted by molar-refractivity contribution is 0.407. The normalized spacial score (nSPS) is 10.6. The van der Waals surface area contributed by atoms with Gasteiger partial charge in [-0.2, -0.15) is 0 Å². The molecule has 0 amide bonds. The van der Waals surface area contributed by atoms with Gasteiger partial charge < -0.3 is 14.6 Å². The Bertz CT molecular complexity index is 567. The number of ether oxygens (including phenoxy) is 1. The molecule has 1 N–H and O–H groups in total. The zero-order valence-corrected chi connectivity index (χ0v) is 13.0. The molecular weight excluding hydrogens is 266 g/mol. The Kier molecular flexibility index (Phi) is 5.54. The van der Waals surface area contributed by atoms with Crippen LogP contribution >= 0.6 is 0 Å². The van der Waals surface area contributed by atoms with Crippen molar-refractivity contribution in [2.75, 3.05) is 19.0 Å². The molecule has 6 nitrogen and oxygen atoms in total. The minimum Gasteiger partial charge on any atom is -0.491 e. The van der Waals surface area contributed by atoms with Crippen LogP contribution in [0, 0.1) is 0 Å². The molecule has 2 aromatic heterocycles. The lowest BCUT2D eigenvalue weighted by Gasteiger charge is -2.13. The van der Waals surface area contributed by atoms with Crippen molar-refractivity contribution < 1.29 is 4.74 Å². The zero-order chi connectivity index (χ0) is 15.1. The van der Waals surface area contributed by atoms with Crippen LogP contribution in [0.1, 0.15) is 38.2 Å². The van der Waals surface area contributed by atoms with Crippen molar-refractivity contribution in [1.82, 2.24) is 19.5 Å². The molecule has 0 aliphatic rings. The molecule has 0 atom stereocenters. The average molecular weight is 289 g/mol. The summed E-state index contributed by atoms with van der Waals surface area (Å²) in [6.45, 7) is 6.09. The first-order valence-corrected chi connectivity index (χ1v) is 7.41. The molecule has 0 saturated heterocycles. The quantitative estimate of drug-likeness (QED) is 0.809. The molecule has 21 heavy (non-hydrogen) atoms. The Balaban J connectivity index is 2.24. The maximum absolute atomic E-state index is 5.50.